The summed E-state index contributed by atoms with van der Waals surface area (Å²) in [7, 11) is 0. The Labute approximate surface area is 180 Å². The van der Waals surface area contributed by atoms with Crippen LogP contribution in [0.5, 0.6) is 0 Å². The van der Waals surface area contributed by atoms with Gasteiger partial charge in [0.05, 0.1) is 6.54 Å². The summed E-state index contributed by atoms with van der Waals surface area (Å²) >= 11 is 0. The standard InChI is InChI=1S/C11H10NO2.C10H19NO2.Li/c13-10-7-6-9(11(14)12-10)8-4-2-1-3-5-8;1-6-11(7-2)8-9(12)13-10(3,4)5;/h2-5,9H,6-7H2,(H,12,13,14);1-2,6-8H2,3-5H3;/q-1;-2;+1. The average Bonchev–Trinajstić information content (AvgIpc) is 2.59. The molecule has 28 heavy (non-hydrogen) atoms. The first-order valence-corrected chi connectivity index (χ1v) is 8.98. The van der Waals surface area contributed by atoms with Crippen LogP contribution in [-0.2, 0) is 19.1 Å². The zero-order chi connectivity index (χ0) is 20.4. The molecule has 6 nitrogen and oxygen atoms in total. The number of nitrogens with zero attached hydrogens (tertiary/aromatic N) is 1. The number of imide groups is 1. The number of esters is 1. The third-order valence-corrected chi connectivity index (χ3v) is 3.79. The molecule has 1 aliphatic rings. The van der Waals surface area contributed by atoms with Crippen molar-refractivity contribution in [2.45, 2.75) is 45.1 Å². The molecule has 0 radical (unpaired) electrons. The molecule has 0 bridgehead atoms. The van der Waals surface area contributed by atoms with E-state index in [9.17, 15) is 14.4 Å². The molecule has 2 rings (SSSR count). The largest absolute Gasteiger partial charge is 1.00 e. The molecule has 0 saturated carbocycles. The molecule has 1 saturated heterocycles. The predicted molar refractivity (Wildman–Crippen MR) is 103 cm³/mol. The molecule has 1 aromatic rings. The van der Waals surface area contributed by atoms with Gasteiger partial charge in [-0.05, 0) is 27.2 Å². The normalized spacial score (nSPS) is 16.4. The van der Waals surface area contributed by atoms with Crippen LogP contribution >= 0.6 is 0 Å². The quantitative estimate of drug-likeness (QED) is 0.317. The third kappa shape index (κ3) is 10.1. The van der Waals surface area contributed by atoms with Crippen molar-refractivity contribution < 1.29 is 38.0 Å². The minimum Gasteiger partial charge on any atom is -0.459 e. The van der Waals surface area contributed by atoms with Crippen LogP contribution in [0.4, 0.5) is 0 Å². The van der Waals surface area contributed by atoms with Crippen molar-refractivity contribution >= 4 is 17.8 Å². The third-order valence-electron chi connectivity index (χ3n) is 3.79. The Balaban J connectivity index is 0.000000505. The van der Waals surface area contributed by atoms with E-state index in [0.29, 0.717) is 25.9 Å². The molecule has 7 heteroatoms. The summed E-state index contributed by atoms with van der Waals surface area (Å²) in [6.45, 7) is 14.3. The average molecular weight is 380 g/mol. The number of amides is 2. The van der Waals surface area contributed by atoms with Gasteiger partial charge in [0.15, 0.2) is 0 Å². The first-order chi connectivity index (χ1) is 12.7. The fourth-order valence-corrected chi connectivity index (χ4v) is 2.47. The van der Waals surface area contributed by atoms with Gasteiger partial charge >= 0.3 is 24.8 Å². The Morgan fingerprint density at radius 2 is 1.82 bits per heavy atom. The smallest absolute Gasteiger partial charge is 0.459 e. The van der Waals surface area contributed by atoms with Gasteiger partial charge in [-0.1, -0.05) is 0 Å². The summed E-state index contributed by atoms with van der Waals surface area (Å²) in [4.78, 5) is 35.5. The van der Waals surface area contributed by atoms with Gasteiger partial charge in [-0.15, -0.1) is 18.7 Å². The Bertz CT molecular complexity index is 625. The fourth-order valence-electron chi connectivity index (χ4n) is 2.47. The zero-order valence-electron chi connectivity index (χ0n) is 17.4. The minimum atomic E-state index is -0.412. The summed E-state index contributed by atoms with van der Waals surface area (Å²) in [5, 5.41) is 2.34. The van der Waals surface area contributed by atoms with Crippen molar-refractivity contribution in [3.05, 3.63) is 49.7 Å². The fraction of sp³-hybridized carbons (Fsp3) is 0.476. The number of rotatable bonds is 5. The van der Waals surface area contributed by atoms with Crippen LogP contribution in [0.15, 0.2) is 24.3 Å². The molecule has 150 valence electrons. The Kier molecular flexibility index (Phi) is 12.0. The van der Waals surface area contributed by atoms with Crippen LogP contribution in [0.25, 0.3) is 0 Å². The van der Waals surface area contributed by atoms with E-state index < -0.39 is 5.60 Å². The summed E-state index contributed by atoms with van der Waals surface area (Å²) in [6, 6.07) is 10.2. The molecular formula is C21H29LiN2O4-2. The first-order valence-electron chi connectivity index (χ1n) is 8.98. The van der Waals surface area contributed by atoms with Gasteiger partial charge in [-0.2, -0.15) is 30.3 Å². The summed E-state index contributed by atoms with van der Waals surface area (Å²) in [6.07, 6.45) is 1.03. The number of piperidine rings is 1. The van der Waals surface area contributed by atoms with Crippen LogP contribution in [0.2, 0.25) is 0 Å². The van der Waals surface area contributed by atoms with Crippen LogP contribution in [0.3, 0.4) is 0 Å². The van der Waals surface area contributed by atoms with E-state index in [2.05, 4.69) is 25.2 Å². The Morgan fingerprint density at radius 1 is 1.25 bits per heavy atom. The molecule has 1 aromatic carbocycles. The summed E-state index contributed by atoms with van der Waals surface area (Å²) in [5.41, 5.74) is 0.541. The van der Waals surface area contributed by atoms with Gasteiger partial charge in [0, 0.05) is 12.3 Å². The topological polar surface area (TPSA) is 75.7 Å². The van der Waals surface area contributed by atoms with Crippen LogP contribution in [0.1, 0.15) is 45.1 Å². The number of carbonyl (C=O) groups excluding carboxylic acids is 3. The van der Waals surface area contributed by atoms with Gasteiger partial charge in [-0.25, -0.2) is 0 Å². The summed E-state index contributed by atoms with van der Waals surface area (Å²) in [5.74, 6) is -0.761. The van der Waals surface area contributed by atoms with E-state index in [0.717, 1.165) is 5.56 Å². The number of nitrogens with one attached hydrogen (secondary N) is 1. The van der Waals surface area contributed by atoms with Crippen LogP contribution in [0, 0.1) is 19.9 Å². The van der Waals surface area contributed by atoms with Crippen LogP contribution in [-0.4, -0.2) is 47.9 Å². The monoisotopic (exact) mass is 380 g/mol. The second-order valence-electron chi connectivity index (χ2n) is 7.20. The maximum absolute atomic E-state index is 11.5. The van der Waals surface area contributed by atoms with E-state index in [1.54, 1.807) is 12.1 Å². The van der Waals surface area contributed by atoms with E-state index in [-0.39, 0.29) is 49.1 Å². The number of carbonyl (C=O) groups is 3. The number of hydrogen-bond acceptors (Lipinski definition) is 5. The van der Waals surface area contributed by atoms with Crippen molar-refractivity contribution in [3.63, 3.8) is 0 Å². The van der Waals surface area contributed by atoms with Crippen molar-refractivity contribution in [3.8, 4) is 0 Å². The first kappa shape index (κ1) is 26.4. The zero-order valence-corrected chi connectivity index (χ0v) is 17.4. The number of benzene rings is 1. The van der Waals surface area contributed by atoms with E-state index >= 15 is 0 Å². The second-order valence-corrected chi connectivity index (χ2v) is 7.20. The van der Waals surface area contributed by atoms with Crippen molar-refractivity contribution in [1.29, 1.82) is 0 Å². The van der Waals surface area contributed by atoms with Crippen molar-refractivity contribution in [1.82, 2.24) is 10.2 Å². The molecule has 1 unspecified atom stereocenters. The van der Waals surface area contributed by atoms with Gasteiger partial charge < -0.3 is 23.5 Å². The Morgan fingerprint density at radius 3 is 2.29 bits per heavy atom. The number of hydrogen-bond donors (Lipinski definition) is 1. The molecule has 1 fully saturated rings. The summed E-state index contributed by atoms with van der Waals surface area (Å²) < 4.78 is 5.14. The van der Waals surface area contributed by atoms with Gasteiger partial charge in [0.2, 0.25) is 11.8 Å². The number of ether oxygens (including phenoxy) is 1. The molecule has 1 heterocycles. The molecule has 1 aliphatic heterocycles. The van der Waals surface area contributed by atoms with E-state index in [1.807, 2.05) is 37.8 Å². The maximum atomic E-state index is 11.5. The molecule has 0 aliphatic carbocycles. The van der Waals surface area contributed by atoms with Gasteiger partial charge in [0.1, 0.15) is 5.60 Å². The van der Waals surface area contributed by atoms with E-state index in [4.69, 9.17) is 4.74 Å². The van der Waals surface area contributed by atoms with Crippen molar-refractivity contribution in [2.24, 2.45) is 0 Å². The SMILES string of the molecule is O=C1CCC(c2cc[c-]cc2)C(=O)N1.[CH2-]CN(C[CH2-])CC(=O)OC(C)(C)C.[Li+]. The molecular weight excluding hydrogens is 351 g/mol. The van der Waals surface area contributed by atoms with E-state index in [1.165, 1.54) is 0 Å². The minimum absolute atomic E-state index is 0. The molecule has 1 N–H and O–H groups in total. The molecule has 2 amide bonds. The van der Waals surface area contributed by atoms with Crippen molar-refractivity contribution in [2.75, 3.05) is 19.6 Å². The second kappa shape index (κ2) is 12.8. The van der Waals surface area contributed by atoms with Gasteiger partial charge in [-0.3, -0.25) is 19.7 Å². The predicted octanol–water partition coefficient (Wildman–Crippen LogP) is -0.691. The molecule has 1 atom stereocenters. The van der Waals surface area contributed by atoms with Crippen LogP contribution < -0.4 is 24.2 Å². The molecule has 0 aromatic heterocycles. The van der Waals surface area contributed by atoms with Gasteiger partial charge in [0.25, 0.3) is 0 Å². The Hall–Kier alpha value is -1.61. The maximum Gasteiger partial charge on any atom is 1.00 e. The molecule has 0 spiro atoms.